The molecule has 0 amide bonds. The van der Waals surface area contributed by atoms with Gasteiger partial charge in [0.05, 0.1) is 7.11 Å². The molecule has 0 radical (unpaired) electrons. The molecule has 4 nitrogen and oxygen atoms in total. The van der Waals surface area contributed by atoms with Crippen molar-refractivity contribution in [2.75, 3.05) is 7.11 Å². The molecule has 1 unspecified atom stereocenters. The van der Waals surface area contributed by atoms with Gasteiger partial charge in [0.2, 0.25) is 0 Å². The molecule has 0 saturated carbocycles. The Morgan fingerprint density at radius 2 is 2.06 bits per heavy atom. The third-order valence-corrected chi connectivity index (χ3v) is 2.30. The zero-order chi connectivity index (χ0) is 13.0. The number of hydrogen-bond donors (Lipinski definition) is 1. The molecular formula is C12H16FNO3. The average molecular weight is 241 g/mol. The fourth-order valence-corrected chi connectivity index (χ4v) is 1.39. The van der Waals surface area contributed by atoms with Crippen molar-refractivity contribution in [2.24, 2.45) is 5.73 Å². The van der Waals surface area contributed by atoms with Crippen molar-refractivity contribution in [2.45, 2.75) is 26.0 Å². The zero-order valence-electron chi connectivity index (χ0n) is 10.1. The Morgan fingerprint density at radius 3 is 2.59 bits per heavy atom. The molecule has 0 aliphatic rings. The van der Waals surface area contributed by atoms with E-state index in [2.05, 4.69) is 4.74 Å². The van der Waals surface area contributed by atoms with Crippen molar-refractivity contribution in [1.29, 1.82) is 0 Å². The SMILES string of the molecule is COC(=O)C(C)Oc1cc(F)ccc1[C@@H](C)N. The maximum Gasteiger partial charge on any atom is 0.346 e. The highest BCUT2D eigenvalue weighted by molar-refractivity contribution is 5.74. The highest BCUT2D eigenvalue weighted by Crippen LogP contribution is 2.25. The van der Waals surface area contributed by atoms with Crippen molar-refractivity contribution in [3.05, 3.63) is 29.6 Å². The number of hydrogen-bond acceptors (Lipinski definition) is 4. The molecule has 0 aromatic heterocycles. The van der Waals surface area contributed by atoms with Crippen molar-refractivity contribution in [3.8, 4) is 5.75 Å². The molecule has 1 rings (SSSR count). The summed E-state index contributed by atoms with van der Waals surface area (Å²) in [5, 5.41) is 0. The second kappa shape index (κ2) is 5.63. The lowest BCUT2D eigenvalue weighted by atomic mass is 10.1. The molecule has 17 heavy (non-hydrogen) atoms. The maximum absolute atomic E-state index is 13.1. The Balaban J connectivity index is 2.96. The van der Waals surface area contributed by atoms with Gasteiger partial charge in [-0.3, -0.25) is 0 Å². The standard InChI is InChI=1S/C12H16FNO3/c1-7(14)10-5-4-9(13)6-11(10)17-8(2)12(15)16-3/h4-8H,14H2,1-3H3/t7-,8?/m1/s1. The topological polar surface area (TPSA) is 61.5 Å². The highest BCUT2D eigenvalue weighted by atomic mass is 19.1. The normalized spacial score (nSPS) is 13.9. The summed E-state index contributed by atoms with van der Waals surface area (Å²) in [6.07, 6.45) is -0.806. The first-order valence-corrected chi connectivity index (χ1v) is 5.25. The Hall–Kier alpha value is -1.62. The van der Waals surface area contributed by atoms with Crippen LogP contribution in [0.4, 0.5) is 4.39 Å². The Labute approximate surface area is 99.5 Å². The Morgan fingerprint density at radius 1 is 1.41 bits per heavy atom. The second-order valence-corrected chi connectivity index (χ2v) is 3.75. The van der Waals surface area contributed by atoms with E-state index in [9.17, 15) is 9.18 Å². The largest absolute Gasteiger partial charge is 0.479 e. The van der Waals surface area contributed by atoms with Crippen molar-refractivity contribution in [3.63, 3.8) is 0 Å². The number of esters is 1. The minimum absolute atomic E-state index is 0.262. The third kappa shape index (κ3) is 3.42. The monoisotopic (exact) mass is 241 g/mol. The molecule has 0 aliphatic heterocycles. The molecule has 5 heteroatoms. The summed E-state index contributed by atoms with van der Waals surface area (Å²) in [5.41, 5.74) is 6.37. The van der Waals surface area contributed by atoms with Gasteiger partial charge in [-0.05, 0) is 19.9 Å². The molecule has 0 spiro atoms. The summed E-state index contributed by atoms with van der Waals surface area (Å²) >= 11 is 0. The smallest absolute Gasteiger partial charge is 0.346 e. The van der Waals surface area contributed by atoms with Crippen LogP contribution in [0.1, 0.15) is 25.5 Å². The van der Waals surface area contributed by atoms with Crippen LogP contribution < -0.4 is 10.5 Å². The molecule has 2 atom stereocenters. The van der Waals surface area contributed by atoms with Crippen LogP contribution in [0.15, 0.2) is 18.2 Å². The molecular weight excluding hydrogens is 225 g/mol. The molecule has 94 valence electrons. The molecule has 0 saturated heterocycles. The van der Waals surface area contributed by atoms with E-state index in [1.807, 2.05) is 0 Å². The number of methoxy groups -OCH3 is 1. The van der Waals surface area contributed by atoms with Crippen LogP contribution >= 0.6 is 0 Å². The number of rotatable bonds is 4. The minimum atomic E-state index is -0.806. The molecule has 0 bridgehead atoms. The van der Waals surface area contributed by atoms with Gasteiger partial charge in [0.15, 0.2) is 6.10 Å². The van der Waals surface area contributed by atoms with Gasteiger partial charge in [-0.1, -0.05) is 6.07 Å². The van der Waals surface area contributed by atoms with Gasteiger partial charge in [0.25, 0.3) is 0 Å². The summed E-state index contributed by atoms with van der Waals surface area (Å²) < 4.78 is 23.0. The van der Waals surface area contributed by atoms with Crippen LogP contribution in [0.25, 0.3) is 0 Å². The van der Waals surface area contributed by atoms with Crippen LogP contribution in [0, 0.1) is 5.82 Å². The predicted octanol–water partition coefficient (Wildman–Crippen LogP) is 1.79. The lowest BCUT2D eigenvalue weighted by Gasteiger charge is -2.17. The van der Waals surface area contributed by atoms with Gasteiger partial charge < -0.3 is 15.2 Å². The van der Waals surface area contributed by atoms with Crippen LogP contribution in [-0.2, 0) is 9.53 Å². The molecule has 2 N–H and O–H groups in total. The first-order chi connectivity index (χ1) is 7.95. The number of carbonyl (C=O) groups excluding carboxylic acids is 1. The van der Waals surface area contributed by atoms with Crippen LogP contribution in [0.2, 0.25) is 0 Å². The fourth-order valence-electron chi connectivity index (χ4n) is 1.39. The fraction of sp³-hybridized carbons (Fsp3) is 0.417. The highest BCUT2D eigenvalue weighted by Gasteiger charge is 2.18. The van der Waals surface area contributed by atoms with E-state index >= 15 is 0 Å². The Bertz CT molecular complexity index is 407. The third-order valence-electron chi connectivity index (χ3n) is 2.30. The molecule has 0 heterocycles. The molecule has 0 aliphatic carbocycles. The van der Waals surface area contributed by atoms with Gasteiger partial charge in [-0.2, -0.15) is 0 Å². The molecule has 1 aromatic carbocycles. The van der Waals surface area contributed by atoms with Gasteiger partial charge in [-0.25, -0.2) is 9.18 Å². The second-order valence-electron chi connectivity index (χ2n) is 3.75. The van der Waals surface area contributed by atoms with E-state index in [-0.39, 0.29) is 11.8 Å². The van der Waals surface area contributed by atoms with Crippen molar-refractivity contribution in [1.82, 2.24) is 0 Å². The maximum atomic E-state index is 13.1. The summed E-state index contributed by atoms with van der Waals surface area (Å²) in [7, 11) is 1.26. The zero-order valence-corrected chi connectivity index (χ0v) is 10.1. The predicted molar refractivity (Wildman–Crippen MR) is 61.1 cm³/mol. The first kappa shape index (κ1) is 13.4. The minimum Gasteiger partial charge on any atom is -0.479 e. The van der Waals surface area contributed by atoms with E-state index < -0.39 is 17.9 Å². The van der Waals surface area contributed by atoms with E-state index in [0.29, 0.717) is 5.56 Å². The number of ether oxygens (including phenoxy) is 2. The summed E-state index contributed by atoms with van der Waals surface area (Å²) in [4.78, 5) is 11.2. The van der Waals surface area contributed by atoms with E-state index in [1.165, 1.54) is 26.2 Å². The number of nitrogens with two attached hydrogens (primary N) is 1. The number of benzene rings is 1. The molecule has 0 fully saturated rings. The van der Waals surface area contributed by atoms with Gasteiger partial charge in [0.1, 0.15) is 11.6 Å². The Kier molecular flexibility index (Phi) is 4.45. The number of halogens is 1. The van der Waals surface area contributed by atoms with Crippen molar-refractivity contribution < 1.29 is 18.7 Å². The molecule has 1 aromatic rings. The summed E-state index contributed by atoms with van der Waals surface area (Å²) in [6, 6.07) is 3.74. The lowest BCUT2D eigenvalue weighted by Crippen LogP contribution is -2.25. The quantitative estimate of drug-likeness (QED) is 0.816. The van der Waals surface area contributed by atoms with Gasteiger partial charge in [-0.15, -0.1) is 0 Å². The van der Waals surface area contributed by atoms with E-state index in [0.717, 1.165) is 0 Å². The summed E-state index contributed by atoms with van der Waals surface area (Å²) in [6.45, 7) is 3.28. The van der Waals surface area contributed by atoms with E-state index in [4.69, 9.17) is 10.5 Å². The van der Waals surface area contributed by atoms with Gasteiger partial charge in [0, 0.05) is 17.7 Å². The number of carbonyl (C=O) groups is 1. The first-order valence-electron chi connectivity index (χ1n) is 5.25. The van der Waals surface area contributed by atoms with Gasteiger partial charge >= 0.3 is 5.97 Å². The van der Waals surface area contributed by atoms with E-state index in [1.54, 1.807) is 13.0 Å². The van der Waals surface area contributed by atoms with Crippen molar-refractivity contribution >= 4 is 5.97 Å². The van der Waals surface area contributed by atoms with Crippen LogP contribution in [-0.4, -0.2) is 19.2 Å². The van der Waals surface area contributed by atoms with Crippen LogP contribution in [0.3, 0.4) is 0 Å². The van der Waals surface area contributed by atoms with Crippen LogP contribution in [0.5, 0.6) is 5.75 Å². The average Bonchev–Trinajstić information content (AvgIpc) is 2.27. The lowest BCUT2D eigenvalue weighted by molar-refractivity contribution is -0.147. The summed E-state index contributed by atoms with van der Waals surface area (Å²) in [5.74, 6) is -0.704.